The average molecular weight is 489 g/mol. The van der Waals surface area contributed by atoms with Gasteiger partial charge >= 0.3 is 0 Å². The van der Waals surface area contributed by atoms with Crippen molar-refractivity contribution in [3.05, 3.63) is 44.3 Å². The summed E-state index contributed by atoms with van der Waals surface area (Å²) in [6.45, 7) is 3.96. The Morgan fingerprint density at radius 3 is 1.69 bits per heavy atom. The molecule has 0 bridgehead atoms. The molecular weight excluding hydrogens is 466 g/mol. The van der Waals surface area contributed by atoms with Crippen LogP contribution in [0, 0.1) is 0 Å². The number of nitrogens with one attached hydrogen (secondary N) is 1. The minimum absolute atomic E-state index is 0.595. The molecule has 0 saturated heterocycles. The largest absolute Gasteiger partial charge is 0.493 e. The summed E-state index contributed by atoms with van der Waals surface area (Å²) in [5.74, 6) is 2.71. The lowest BCUT2D eigenvalue weighted by Gasteiger charge is -2.15. The van der Waals surface area contributed by atoms with E-state index in [4.69, 9.17) is 18.9 Å². The zero-order valence-corrected chi connectivity index (χ0v) is 18.5. The van der Waals surface area contributed by atoms with E-state index in [0.29, 0.717) is 36.9 Å². The van der Waals surface area contributed by atoms with Gasteiger partial charge in [0.2, 0.25) is 5.75 Å². The highest BCUT2D eigenvalue weighted by Crippen LogP contribution is 2.38. The minimum atomic E-state index is 0.595. The molecule has 0 aliphatic heterocycles. The van der Waals surface area contributed by atoms with E-state index in [1.807, 2.05) is 19.1 Å². The van der Waals surface area contributed by atoms with Gasteiger partial charge in [-0.2, -0.15) is 0 Å². The summed E-state index contributed by atoms with van der Waals surface area (Å²) >= 11 is 7.12. The quantitative estimate of drug-likeness (QED) is 0.542. The molecule has 1 N–H and O–H groups in total. The Morgan fingerprint density at radius 2 is 1.27 bits per heavy atom. The molecule has 0 heterocycles. The predicted octanol–water partition coefficient (Wildman–Crippen LogP) is 4.93. The molecule has 5 nitrogen and oxygen atoms in total. The van der Waals surface area contributed by atoms with Gasteiger partial charge in [0.1, 0.15) is 5.75 Å². The second kappa shape index (κ2) is 10.0. The van der Waals surface area contributed by atoms with Gasteiger partial charge in [-0.3, -0.25) is 0 Å². The number of halogens is 2. The molecule has 0 aliphatic carbocycles. The van der Waals surface area contributed by atoms with Crippen molar-refractivity contribution >= 4 is 31.9 Å². The number of rotatable bonds is 9. The maximum Gasteiger partial charge on any atom is 0.203 e. The van der Waals surface area contributed by atoms with Crippen molar-refractivity contribution in [1.29, 1.82) is 0 Å². The van der Waals surface area contributed by atoms with Crippen molar-refractivity contribution in [3.63, 3.8) is 0 Å². The van der Waals surface area contributed by atoms with Crippen molar-refractivity contribution in [2.24, 2.45) is 0 Å². The molecule has 0 aliphatic rings. The lowest BCUT2D eigenvalue weighted by Crippen LogP contribution is -2.13. The summed E-state index contributed by atoms with van der Waals surface area (Å²) in [6.07, 6.45) is 0. The lowest BCUT2D eigenvalue weighted by atomic mass is 10.1. The molecular formula is C19H23Br2NO4. The van der Waals surface area contributed by atoms with Crippen molar-refractivity contribution in [2.75, 3.05) is 27.9 Å². The van der Waals surface area contributed by atoms with Gasteiger partial charge in [-0.25, -0.2) is 0 Å². The van der Waals surface area contributed by atoms with E-state index >= 15 is 0 Å². The predicted molar refractivity (Wildman–Crippen MR) is 110 cm³/mol. The van der Waals surface area contributed by atoms with Gasteiger partial charge in [0.05, 0.1) is 36.9 Å². The molecule has 0 unspecified atom stereocenters. The number of methoxy groups -OCH3 is 3. The highest BCUT2D eigenvalue weighted by atomic mass is 79.9. The first kappa shape index (κ1) is 20.9. The smallest absolute Gasteiger partial charge is 0.203 e. The Balaban J connectivity index is 2.08. The van der Waals surface area contributed by atoms with Crippen LogP contribution in [0.1, 0.15) is 18.1 Å². The number of hydrogen-bond donors (Lipinski definition) is 1. The summed E-state index contributed by atoms with van der Waals surface area (Å²) in [5, 5.41) is 3.43. The van der Waals surface area contributed by atoms with Crippen molar-refractivity contribution in [2.45, 2.75) is 20.0 Å². The van der Waals surface area contributed by atoms with E-state index in [-0.39, 0.29) is 0 Å². The topological polar surface area (TPSA) is 49.0 Å². The Hall–Kier alpha value is -1.44. The first-order valence-corrected chi connectivity index (χ1v) is 9.72. The molecule has 2 rings (SSSR count). The van der Waals surface area contributed by atoms with Crippen LogP contribution < -0.4 is 24.3 Å². The second-order valence-corrected chi connectivity index (χ2v) is 7.17. The summed E-state index contributed by atoms with van der Waals surface area (Å²) in [4.78, 5) is 0. The van der Waals surface area contributed by atoms with Crippen molar-refractivity contribution in [3.8, 4) is 23.0 Å². The maximum absolute atomic E-state index is 5.62. The summed E-state index contributed by atoms with van der Waals surface area (Å²) < 4.78 is 23.6. The van der Waals surface area contributed by atoms with Crippen LogP contribution in [0.3, 0.4) is 0 Å². The summed E-state index contributed by atoms with van der Waals surface area (Å²) in [5.41, 5.74) is 2.18. The average Bonchev–Trinajstić information content (AvgIpc) is 2.63. The molecule has 0 fully saturated rings. The monoisotopic (exact) mass is 487 g/mol. The van der Waals surface area contributed by atoms with E-state index in [9.17, 15) is 0 Å². The van der Waals surface area contributed by atoms with Gasteiger partial charge in [-0.1, -0.05) is 0 Å². The highest BCUT2D eigenvalue weighted by molar-refractivity contribution is 9.11. The van der Waals surface area contributed by atoms with Crippen LogP contribution in [0.4, 0.5) is 0 Å². The van der Waals surface area contributed by atoms with Gasteiger partial charge in [0.25, 0.3) is 0 Å². The fraction of sp³-hybridized carbons (Fsp3) is 0.368. The van der Waals surface area contributed by atoms with Crippen LogP contribution in [0.5, 0.6) is 23.0 Å². The van der Waals surface area contributed by atoms with Gasteiger partial charge in [-0.15, -0.1) is 0 Å². The third-order valence-corrected chi connectivity index (χ3v) is 4.91. The van der Waals surface area contributed by atoms with Gasteiger partial charge in [-0.05, 0) is 74.2 Å². The number of benzene rings is 2. The van der Waals surface area contributed by atoms with Crippen LogP contribution in [-0.2, 0) is 13.1 Å². The zero-order valence-electron chi connectivity index (χ0n) is 15.3. The normalized spacial score (nSPS) is 10.5. The van der Waals surface area contributed by atoms with E-state index < -0.39 is 0 Å². The SMILES string of the molecule is CCOc1c(Br)cc(CNCc2cc(OC)c(OC)c(OC)c2)cc1Br. The molecule has 0 atom stereocenters. The molecule has 0 aromatic heterocycles. The first-order valence-electron chi connectivity index (χ1n) is 8.14. The molecule has 26 heavy (non-hydrogen) atoms. The van der Waals surface area contributed by atoms with Gasteiger partial charge < -0.3 is 24.3 Å². The molecule has 142 valence electrons. The van der Waals surface area contributed by atoms with Crippen molar-refractivity contribution in [1.82, 2.24) is 5.32 Å². The molecule has 2 aromatic carbocycles. The van der Waals surface area contributed by atoms with E-state index in [1.165, 1.54) is 0 Å². The number of hydrogen-bond acceptors (Lipinski definition) is 5. The standard InChI is InChI=1S/C19H23Br2NO4/c1-5-26-18-14(20)6-12(7-15(18)21)10-22-11-13-8-16(23-2)19(25-4)17(9-13)24-3/h6-9,22H,5,10-11H2,1-4H3. The van der Waals surface area contributed by atoms with E-state index in [1.54, 1.807) is 21.3 Å². The minimum Gasteiger partial charge on any atom is -0.493 e. The van der Waals surface area contributed by atoms with Crippen molar-refractivity contribution < 1.29 is 18.9 Å². The second-order valence-electron chi connectivity index (χ2n) is 5.46. The third kappa shape index (κ3) is 5.05. The molecule has 0 amide bonds. The van der Waals surface area contributed by atoms with Crippen LogP contribution in [-0.4, -0.2) is 27.9 Å². The lowest BCUT2D eigenvalue weighted by molar-refractivity contribution is 0.323. The molecule has 0 saturated carbocycles. The Kier molecular flexibility index (Phi) is 8.06. The molecule has 0 spiro atoms. The third-order valence-electron chi connectivity index (χ3n) is 3.73. The van der Waals surface area contributed by atoms with Crippen LogP contribution in [0.15, 0.2) is 33.2 Å². The summed E-state index contributed by atoms with van der Waals surface area (Å²) in [7, 11) is 4.83. The fourth-order valence-corrected chi connectivity index (χ4v) is 4.10. The highest BCUT2D eigenvalue weighted by Gasteiger charge is 2.13. The zero-order chi connectivity index (χ0) is 19.1. The Morgan fingerprint density at radius 1 is 0.769 bits per heavy atom. The van der Waals surface area contributed by atoms with Crippen LogP contribution >= 0.6 is 31.9 Å². The van der Waals surface area contributed by atoms with Crippen LogP contribution in [0.2, 0.25) is 0 Å². The van der Waals surface area contributed by atoms with E-state index in [0.717, 1.165) is 25.8 Å². The molecule has 7 heteroatoms. The summed E-state index contributed by atoms with van der Waals surface area (Å²) in [6, 6.07) is 7.99. The molecule has 0 radical (unpaired) electrons. The Bertz CT molecular complexity index is 704. The first-order chi connectivity index (χ1) is 12.5. The van der Waals surface area contributed by atoms with Gasteiger partial charge in [0, 0.05) is 13.1 Å². The molecule has 2 aromatic rings. The van der Waals surface area contributed by atoms with E-state index in [2.05, 4.69) is 49.3 Å². The fourth-order valence-electron chi connectivity index (χ4n) is 2.59. The number of ether oxygens (including phenoxy) is 4. The van der Waals surface area contributed by atoms with Gasteiger partial charge in [0.15, 0.2) is 11.5 Å². The van der Waals surface area contributed by atoms with Crippen LogP contribution in [0.25, 0.3) is 0 Å². The Labute approximate surface area is 171 Å². The maximum atomic E-state index is 5.62.